The minimum Gasteiger partial charge on any atom is -0.392 e. The number of rotatable bonds is 6. The van der Waals surface area contributed by atoms with Crippen LogP contribution in [-0.2, 0) is 11.8 Å². The fraction of sp³-hybridized carbons (Fsp3) is 0.625. The first-order valence-electron chi connectivity index (χ1n) is 7.21. The van der Waals surface area contributed by atoms with Crippen LogP contribution in [0.4, 0.5) is 0 Å². The zero-order valence-corrected chi connectivity index (χ0v) is 11.4. The quantitative estimate of drug-likeness (QED) is 0.759. The van der Waals surface area contributed by atoms with Crippen LogP contribution in [0.5, 0.6) is 0 Å². The number of benzene rings is 1. The number of fused-ring (bicyclic) bond motifs is 1. The normalized spacial score (nSPS) is 23.9. The van der Waals surface area contributed by atoms with Gasteiger partial charge in [0.15, 0.2) is 0 Å². The van der Waals surface area contributed by atoms with Gasteiger partial charge in [-0.25, -0.2) is 0 Å². The summed E-state index contributed by atoms with van der Waals surface area (Å²) >= 11 is 0. The van der Waals surface area contributed by atoms with Crippen LogP contribution in [0, 0.1) is 0 Å². The molecule has 2 unspecified atom stereocenters. The van der Waals surface area contributed by atoms with Crippen molar-refractivity contribution in [2.24, 2.45) is 5.73 Å². The van der Waals surface area contributed by atoms with Gasteiger partial charge in [-0.15, -0.1) is 0 Å². The van der Waals surface area contributed by atoms with Crippen molar-refractivity contribution in [3.8, 4) is 0 Å². The highest BCUT2D eigenvalue weighted by Crippen LogP contribution is 2.42. The molecule has 18 heavy (non-hydrogen) atoms. The average Bonchev–Trinajstić information content (AvgIpc) is 2.79. The van der Waals surface area contributed by atoms with Crippen LogP contribution < -0.4 is 5.73 Å². The van der Waals surface area contributed by atoms with Crippen molar-refractivity contribution in [3.05, 3.63) is 35.4 Å². The van der Waals surface area contributed by atoms with E-state index in [1.807, 2.05) is 0 Å². The molecule has 100 valence electrons. The third-order valence-corrected chi connectivity index (χ3v) is 4.48. The summed E-state index contributed by atoms with van der Waals surface area (Å²) in [5.74, 6) is 0. The molecule has 0 fully saturated rings. The van der Waals surface area contributed by atoms with Crippen molar-refractivity contribution in [1.82, 2.24) is 0 Å². The van der Waals surface area contributed by atoms with Gasteiger partial charge >= 0.3 is 0 Å². The average molecular weight is 247 g/mol. The van der Waals surface area contributed by atoms with Gasteiger partial charge in [0.1, 0.15) is 0 Å². The van der Waals surface area contributed by atoms with Crippen molar-refractivity contribution in [3.63, 3.8) is 0 Å². The number of hydrogen-bond donors (Lipinski definition) is 2. The predicted molar refractivity (Wildman–Crippen MR) is 75.6 cm³/mol. The van der Waals surface area contributed by atoms with E-state index in [-0.39, 0.29) is 11.5 Å². The third-order valence-electron chi connectivity index (χ3n) is 4.48. The monoisotopic (exact) mass is 247 g/mol. The lowest BCUT2D eigenvalue weighted by atomic mass is 9.75. The van der Waals surface area contributed by atoms with Gasteiger partial charge in [-0.3, -0.25) is 0 Å². The smallest absolute Gasteiger partial charge is 0.0649 e. The van der Waals surface area contributed by atoms with Crippen LogP contribution in [0.2, 0.25) is 0 Å². The number of nitrogens with two attached hydrogens (primary N) is 1. The standard InChI is InChI=1S/C16H25NO/c1-2-3-4-9-15(18)16(12-17)11-10-13-7-5-6-8-14(13)16/h5-8,15,18H,2-4,9-12,17H2,1H3. The van der Waals surface area contributed by atoms with Crippen LogP contribution in [0.15, 0.2) is 24.3 Å². The molecule has 0 heterocycles. The van der Waals surface area contributed by atoms with Gasteiger partial charge in [0.2, 0.25) is 0 Å². The molecular weight excluding hydrogens is 222 g/mol. The summed E-state index contributed by atoms with van der Waals surface area (Å²) in [6.07, 6.45) is 6.12. The minimum absolute atomic E-state index is 0.190. The SMILES string of the molecule is CCCCCC(O)C1(CN)CCc2ccccc21. The van der Waals surface area contributed by atoms with Gasteiger partial charge in [-0.2, -0.15) is 0 Å². The molecule has 3 N–H and O–H groups in total. The van der Waals surface area contributed by atoms with E-state index < -0.39 is 0 Å². The van der Waals surface area contributed by atoms with Gasteiger partial charge in [-0.05, 0) is 30.4 Å². The summed E-state index contributed by atoms with van der Waals surface area (Å²) in [7, 11) is 0. The van der Waals surface area contributed by atoms with E-state index in [0.29, 0.717) is 6.54 Å². The van der Waals surface area contributed by atoms with E-state index in [1.165, 1.54) is 24.0 Å². The number of aliphatic hydroxyl groups excluding tert-OH is 1. The van der Waals surface area contributed by atoms with E-state index in [0.717, 1.165) is 25.7 Å². The second-order valence-electron chi connectivity index (χ2n) is 5.53. The van der Waals surface area contributed by atoms with E-state index in [2.05, 4.69) is 31.2 Å². The van der Waals surface area contributed by atoms with Crippen LogP contribution in [-0.4, -0.2) is 17.8 Å². The highest BCUT2D eigenvalue weighted by molar-refractivity contribution is 5.41. The Balaban J connectivity index is 2.17. The van der Waals surface area contributed by atoms with Crippen LogP contribution >= 0.6 is 0 Å². The molecule has 1 aromatic carbocycles. The summed E-state index contributed by atoms with van der Waals surface area (Å²) < 4.78 is 0. The Morgan fingerprint density at radius 2 is 2.11 bits per heavy atom. The van der Waals surface area contributed by atoms with Crippen molar-refractivity contribution in [1.29, 1.82) is 0 Å². The highest BCUT2D eigenvalue weighted by Gasteiger charge is 2.42. The van der Waals surface area contributed by atoms with Crippen LogP contribution in [0.1, 0.15) is 50.2 Å². The molecule has 0 amide bonds. The van der Waals surface area contributed by atoms with E-state index in [4.69, 9.17) is 5.73 Å². The van der Waals surface area contributed by atoms with Gasteiger partial charge < -0.3 is 10.8 Å². The zero-order valence-electron chi connectivity index (χ0n) is 11.4. The molecule has 2 atom stereocenters. The third kappa shape index (κ3) is 2.32. The minimum atomic E-state index is -0.294. The Morgan fingerprint density at radius 1 is 1.33 bits per heavy atom. The fourth-order valence-electron chi connectivity index (χ4n) is 3.27. The molecule has 0 saturated carbocycles. The molecule has 2 heteroatoms. The lowest BCUT2D eigenvalue weighted by Crippen LogP contribution is -2.44. The van der Waals surface area contributed by atoms with Crippen molar-refractivity contribution in [2.75, 3.05) is 6.54 Å². The lowest BCUT2D eigenvalue weighted by Gasteiger charge is -2.34. The molecule has 1 aromatic rings. The van der Waals surface area contributed by atoms with Gasteiger partial charge in [0.05, 0.1) is 6.10 Å². The summed E-state index contributed by atoms with van der Waals surface area (Å²) in [5, 5.41) is 10.6. The Kier molecular flexibility index (Phi) is 4.41. The van der Waals surface area contributed by atoms with Gasteiger partial charge in [0.25, 0.3) is 0 Å². The summed E-state index contributed by atoms with van der Waals surface area (Å²) in [6.45, 7) is 2.74. The molecule has 0 aliphatic heterocycles. The summed E-state index contributed by atoms with van der Waals surface area (Å²) in [4.78, 5) is 0. The van der Waals surface area contributed by atoms with Crippen LogP contribution in [0.3, 0.4) is 0 Å². The topological polar surface area (TPSA) is 46.2 Å². The van der Waals surface area contributed by atoms with Crippen molar-refractivity contribution < 1.29 is 5.11 Å². The van der Waals surface area contributed by atoms with Crippen LogP contribution in [0.25, 0.3) is 0 Å². The second kappa shape index (κ2) is 5.85. The molecule has 0 saturated heterocycles. The zero-order chi connectivity index (χ0) is 13.0. The first kappa shape index (κ1) is 13.6. The maximum Gasteiger partial charge on any atom is 0.0649 e. The Hall–Kier alpha value is -0.860. The van der Waals surface area contributed by atoms with Gasteiger partial charge in [0, 0.05) is 12.0 Å². The maximum absolute atomic E-state index is 10.6. The highest BCUT2D eigenvalue weighted by atomic mass is 16.3. The molecule has 2 nitrogen and oxygen atoms in total. The Morgan fingerprint density at radius 3 is 2.83 bits per heavy atom. The summed E-state index contributed by atoms with van der Waals surface area (Å²) in [6, 6.07) is 8.46. The van der Waals surface area contributed by atoms with Crippen molar-refractivity contribution in [2.45, 2.75) is 57.0 Å². The molecule has 0 bridgehead atoms. The Bertz CT molecular complexity index is 390. The largest absolute Gasteiger partial charge is 0.392 e. The molecule has 2 rings (SSSR count). The maximum atomic E-state index is 10.6. The molecule has 0 radical (unpaired) electrons. The molecule has 0 aromatic heterocycles. The second-order valence-corrected chi connectivity index (χ2v) is 5.53. The number of aliphatic hydroxyl groups is 1. The number of unbranched alkanes of at least 4 members (excludes halogenated alkanes) is 2. The molecule has 1 aliphatic rings. The molecule has 1 aliphatic carbocycles. The molecule has 0 spiro atoms. The van der Waals surface area contributed by atoms with E-state index >= 15 is 0 Å². The number of hydrogen-bond acceptors (Lipinski definition) is 2. The first-order valence-corrected chi connectivity index (χ1v) is 7.21. The number of aryl methyl sites for hydroxylation is 1. The molecular formula is C16H25NO. The van der Waals surface area contributed by atoms with E-state index in [1.54, 1.807) is 0 Å². The predicted octanol–water partition coefficient (Wildman–Crippen LogP) is 2.77. The Labute approximate surface area is 110 Å². The van der Waals surface area contributed by atoms with Gasteiger partial charge in [-0.1, -0.05) is 50.5 Å². The lowest BCUT2D eigenvalue weighted by molar-refractivity contribution is 0.0737. The van der Waals surface area contributed by atoms with Crippen molar-refractivity contribution >= 4 is 0 Å². The summed E-state index contributed by atoms with van der Waals surface area (Å²) in [5.41, 5.74) is 8.50. The fourth-order valence-corrected chi connectivity index (χ4v) is 3.27. The first-order chi connectivity index (χ1) is 8.74. The van der Waals surface area contributed by atoms with E-state index in [9.17, 15) is 5.11 Å².